The molecule has 0 saturated heterocycles. The SMILES string of the molecule is CNc1nc(Nc2ccc(C)c([N+](=O)[O-])c2)ncc1C(=O)Nc1cc(NC(=O)c2cccc(C)c2)ccc1C. The standard InChI is InChI=1S/C28H27N7O4/c1-16-6-5-7-19(12-16)26(36)31-20-10-8-17(2)23(13-20)33-27(37)22-15-30-28(34-25(22)29-4)32-21-11-9-18(3)24(14-21)35(38)39/h5-15H,1-4H3,(H,31,36)(H,33,37)(H2,29,30,32,34). The molecule has 1 aromatic heterocycles. The van der Waals surface area contributed by atoms with Crippen molar-refractivity contribution in [2.75, 3.05) is 28.3 Å². The summed E-state index contributed by atoms with van der Waals surface area (Å²) >= 11 is 0. The number of nitro groups is 1. The molecule has 0 aliphatic rings. The van der Waals surface area contributed by atoms with Gasteiger partial charge in [-0.2, -0.15) is 4.98 Å². The number of hydrogen-bond acceptors (Lipinski definition) is 8. The Morgan fingerprint density at radius 1 is 0.872 bits per heavy atom. The average molecular weight is 526 g/mol. The van der Waals surface area contributed by atoms with E-state index in [9.17, 15) is 19.7 Å². The highest BCUT2D eigenvalue weighted by atomic mass is 16.6. The van der Waals surface area contributed by atoms with Gasteiger partial charge in [0.05, 0.1) is 4.92 Å². The Bertz CT molecular complexity index is 1590. The summed E-state index contributed by atoms with van der Waals surface area (Å²) < 4.78 is 0. The van der Waals surface area contributed by atoms with Gasteiger partial charge in [-0.3, -0.25) is 19.7 Å². The Morgan fingerprint density at radius 3 is 2.33 bits per heavy atom. The van der Waals surface area contributed by atoms with Crippen molar-refractivity contribution in [1.82, 2.24) is 9.97 Å². The van der Waals surface area contributed by atoms with Crippen molar-refractivity contribution in [3.63, 3.8) is 0 Å². The number of anilines is 5. The average Bonchev–Trinajstić information content (AvgIpc) is 2.91. The smallest absolute Gasteiger partial charge is 0.274 e. The predicted octanol–water partition coefficient (Wildman–Crippen LogP) is 5.60. The van der Waals surface area contributed by atoms with Gasteiger partial charge in [0.15, 0.2) is 0 Å². The number of nitro benzene ring substituents is 1. The summed E-state index contributed by atoms with van der Waals surface area (Å²) in [5.41, 5.74) is 4.47. The number of aryl methyl sites for hydroxylation is 3. The molecule has 0 aliphatic carbocycles. The fourth-order valence-electron chi connectivity index (χ4n) is 3.83. The first-order chi connectivity index (χ1) is 18.6. The number of hydrogen-bond donors (Lipinski definition) is 4. The number of amides is 2. The van der Waals surface area contributed by atoms with Crippen LogP contribution in [0.2, 0.25) is 0 Å². The molecular weight excluding hydrogens is 498 g/mol. The lowest BCUT2D eigenvalue weighted by Crippen LogP contribution is -2.17. The first kappa shape index (κ1) is 26.7. The highest BCUT2D eigenvalue weighted by Gasteiger charge is 2.17. The van der Waals surface area contributed by atoms with Crippen LogP contribution in [-0.4, -0.2) is 33.8 Å². The van der Waals surface area contributed by atoms with E-state index in [1.807, 2.05) is 26.0 Å². The highest BCUT2D eigenvalue weighted by molar-refractivity contribution is 6.08. The van der Waals surface area contributed by atoms with E-state index >= 15 is 0 Å². The number of benzene rings is 3. The fraction of sp³-hybridized carbons (Fsp3) is 0.143. The van der Waals surface area contributed by atoms with Crippen LogP contribution in [0, 0.1) is 30.9 Å². The summed E-state index contributed by atoms with van der Waals surface area (Å²) in [6, 6.07) is 17.2. The maximum Gasteiger partial charge on any atom is 0.274 e. The van der Waals surface area contributed by atoms with Crippen LogP contribution >= 0.6 is 0 Å². The van der Waals surface area contributed by atoms with Gasteiger partial charge in [-0.25, -0.2) is 4.98 Å². The van der Waals surface area contributed by atoms with Crippen molar-refractivity contribution in [1.29, 1.82) is 0 Å². The Morgan fingerprint density at radius 2 is 1.62 bits per heavy atom. The van der Waals surface area contributed by atoms with E-state index in [-0.39, 0.29) is 28.9 Å². The summed E-state index contributed by atoms with van der Waals surface area (Å²) in [4.78, 5) is 45.2. The topological polar surface area (TPSA) is 151 Å². The molecule has 0 atom stereocenters. The minimum Gasteiger partial charge on any atom is -0.372 e. The first-order valence-electron chi connectivity index (χ1n) is 12.0. The zero-order valence-electron chi connectivity index (χ0n) is 21.8. The molecule has 11 nitrogen and oxygen atoms in total. The van der Waals surface area contributed by atoms with Gasteiger partial charge in [0, 0.05) is 47.5 Å². The molecule has 0 radical (unpaired) electrons. The predicted molar refractivity (Wildman–Crippen MR) is 151 cm³/mol. The lowest BCUT2D eigenvalue weighted by atomic mass is 10.1. The number of nitrogens with one attached hydrogen (secondary N) is 4. The van der Waals surface area contributed by atoms with Crippen LogP contribution in [0.25, 0.3) is 0 Å². The molecule has 0 bridgehead atoms. The lowest BCUT2D eigenvalue weighted by Gasteiger charge is -2.14. The Hall–Kier alpha value is -5.32. The second kappa shape index (κ2) is 11.4. The Labute approximate surface area is 224 Å². The summed E-state index contributed by atoms with van der Waals surface area (Å²) in [7, 11) is 1.62. The second-order valence-corrected chi connectivity index (χ2v) is 8.90. The van der Waals surface area contributed by atoms with Gasteiger partial charge >= 0.3 is 0 Å². The summed E-state index contributed by atoms with van der Waals surface area (Å²) in [6.45, 7) is 5.40. The number of carbonyl (C=O) groups is 2. The number of nitrogens with zero attached hydrogens (tertiary/aromatic N) is 3. The summed E-state index contributed by atoms with van der Waals surface area (Å²) in [5.74, 6) is -0.297. The van der Waals surface area contributed by atoms with Crippen LogP contribution in [0.3, 0.4) is 0 Å². The molecule has 4 aromatic rings. The van der Waals surface area contributed by atoms with Gasteiger partial charge in [-0.15, -0.1) is 0 Å². The number of carbonyl (C=O) groups excluding carboxylic acids is 2. The Kier molecular flexibility index (Phi) is 7.80. The third-order valence-corrected chi connectivity index (χ3v) is 5.96. The van der Waals surface area contributed by atoms with Gasteiger partial charge in [-0.1, -0.05) is 29.8 Å². The molecule has 4 rings (SSSR count). The van der Waals surface area contributed by atoms with Crippen molar-refractivity contribution >= 4 is 46.3 Å². The molecule has 0 spiro atoms. The van der Waals surface area contributed by atoms with Gasteiger partial charge in [0.2, 0.25) is 5.95 Å². The molecule has 1 heterocycles. The number of rotatable bonds is 8. The van der Waals surface area contributed by atoms with Gasteiger partial charge in [0.25, 0.3) is 17.5 Å². The largest absolute Gasteiger partial charge is 0.372 e. The van der Waals surface area contributed by atoms with Crippen LogP contribution in [0.4, 0.5) is 34.5 Å². The second-order valence-electron chi connectivity index (χ2n) is 8.90. The zero-order chi connectivity index (χ0) is 28.1. The molecule has 0 saturated carbocycles. The van der Waals surface area contributed by atoms with Gasteiger partial charge in [0.1, 0.15) is 11.4 Å². The van der Waals surface area contributed by atoms with Crippen molar-refractivity contribution in [2.24, 2.45) is 0 Å². The molecule has 2 amide bonds. The van der Waals surface area contributed by atoms with Crippen LogP contribution in [0.5, 0.6) is 0 Å². The van der Waals surface area contributed by atoms with E-state index in [0.29, 0.717) is 28.2 Å². The van der Waals surface area contributed by atoms with E-state index in [1.165, 1.54) is 12.3 Å². The van der Waals surface area contributed by atoms with E-state index in [4.69, 9.17) is 0 Å². The van der Waals surface area contributed by atoms with Gasteiger partial charge in [-0.05, 0) is 56.7 Å². The fourth-order valence-corrected chi connectivity index (χ4v) is 3.83. The van der Waals surface area contributed by atoms with Crippen LogP contribution < -0.4 is 21.3 Å². The molecule has 4 N–H and O–H groups in total. The van der Waals surface area contributed by atoms with Crippen molar-refractivity contribution < 1.29 is 14.5 Å². The maximum atomic E-state index is 13.2. The quantitative estimate of drug-likeness (QED) is 0.171. The van der Waals surface area contributed by atoms with Crippen LogP contribution in [0.15, 0.2) is 66.9 Å². The van der Waals surface area contributed by atoms with E-state index in [1.54, 1.807) is 56.4 Å². The lowest BCUT2D eigenvalue weighted by molar-refractivity contribution is -0.385. The molecule has 11 heteroatoms. The normalized spacial score (nSPS) is 10.5. The molecule has 0 fully saturated rings. The molecule has 39 heavy (non-hydrogen) atoms. The Balaban J connectivity index is 1.51. The minimum absolute atomic E-state index is 0.0301. The molecule has 0 unspecified atom stereocenters. The van der Waals surface area contributed by atoms with Crippen molar-refractivity contribution in [3.8, 4) is 0 Å². The van der Waals surface area contributed by atoms with E-state index in [0.717, 1.165) is 11.1 Å². The molecule has 0 aliphatic heterocycles. The molecular formula is C28H27N7O4. The van der Waals surface area contributed by atoms with E-state index < -0.39 is 10.8 Å². The highest BCUT2D eigenvalue weighted by Crippen LogP contribution is 2.26. The molecule has 3 aromatic carbocycles. The third-order valence-electron chi connectivity index (χ3n) is 5.96. The first-order valence-corrected chi connectivity index (χ1v) is 12.0. The summed E-state index contributed by atoms with van der Waals surface area (Å²) in [5, 5.41) is 22.8. The van der Waals surface area contributed by atoms with Crippen molar-refractivity contribution in [3.05, 3.63) is 105 Å². The zero-order valence-corrected chi connectivity index (χ0v) is 21.8. The van der Waals surface area contributed by atoms with Crippen molar-refractivity contribution in [2.45, 2.75) is 20.8 Å². The minimum atomic E-state index is -0.459. The molecule has 198 valence electrons. The maximum absolute atomic E-state index is 13.2. The number of aromatic nitrogens is 2. The monoisotopic (exact) mass is 525 g/mol. The van der Waals surface area contributed by atoms with Crippen LogP contribution in [-0.2, 0) is 0 Å². The van der Waals surface area contributed by atoms with E-state index in [2.05, 4.69) is 31.2 Å². The third kappa shape index (κ3) is 6.34. The van der Waals surface area contributed by atoms with Gasteiger partial charge < -0.3 is 21.3 Å². The van der Waals surface area contributed by atoms with Crippen LogP contribution in [0.1, 0.15) is 37.4 Å². The summed E-state index contributed by atoms with van der Waals surface area (Å²) in [6.07, 6.45) is 1.36.